The second kappa shape index (κ2) is 8.85. The first-order valence-electron chi connectivity index (χ1n) is 7.93. The average Bonchev–Trinajstić information content (AvgIpc) is 2.99. The standard InChI is InChI=1S/C15H22N8O3/c1-16-4-5-22(8-13(25)26)12(24)7-23-15-11(6-20-23)14(17-9-18-15)19-10-21(2)3/h6,9-10,16H,4-5,7-8H2,1-3H3,(H,25,26)/b19-10-. The minimum absolute atomic E-state index is 0.117. The summed E-state index contributed by atoms with van der Waals surface area (Å²) in [5.41, 5.74) is 0.461. The number of aromatic nitrogens is 4. The highest BCUT2D eigenvalue weighted by atomic mass is 16.4. The van der Waals surface area contributed by atoms with Gasteiger partial charge in [0.2, 0.25) is 5.91 Å². The Balaban J connectivity index is 2.23. The van der Waals surface area contributed by atoms with Crippen LogP contribution in [0, 0.1) is 0 Å². The zero-order chi connectivity index (χ0) is 19.1. The number of rotatable bonds is 9. The lowest BCUT2D eigenvalue weighted by atomic mass is 10.4. The second-order valence-electron chi connectivity index (χ2n) is 5.76. The molecule has 140 valence electrons. The maximum Gasteiger partial charge on any atom is 0.323 e. The van der Waals surface area contributed by atoms with Crippen molar-refractivity contribution in [2.24, 2.45) is 4.99 Å². The first-order valence-corrected chi connectivity index (χ1v) is 7.93. The first-order chi connectivity index (χ1) is 12.4. The molecule has 0 radical (unpaired) electrons. The van der Waals surface area contributed by atoms with Crippen LogP contribution in [0.5, 0.6) is 0 Å². The highest BCUT2D eigenvalue weighted by Gasteiger charge is 2.19. The molecule has 0 bridgehead atoms. The van der Waals surface area contributed by atoms with Crippen molar-refractivity contribution in [3.05, 3.63) is 12.5 Å². The van der Waals surface area contributed by atoms with E-state index in [1.165, 1.54) is 15.9 Å². The van der Waals surface area contributed by atoms with Crippen LogP contribution in [0.2, 0.25) is 0 Å². The third-order valence-electron chi connectivity index (χ3n) is 3.42. The molecule has 1 amide bonds. The van der Waals surface area contributed by atoms with Gasteiger partial charge >= 0.3 is 5.97 Å². The minimum atomic E-state index is -1.07. The normalized spacial score (nSPS) is 11.2. The van der Waals surface area contributed by atoms with Gasteiger partial charge in [-0.3, -0.25) is 9.59 Å². The van der Waals surface area contributed by atoms with E-state index in [9.17, 15) is 9.59 Å². The van der Waals surface area contributed by atoms with E-state index in [0.29, 0.717) is 23.4 Å². The fraction of sp³-hybridized carbons (Fsp3) is 0.467. The zero-order valence-electron chi connectivity index (χ0n) is 15.0. The van der Waals surface area contributed by atoms with Crippen molar-refractivity contribution < 1.29 is 14.7 Å². The molecule has 2 heterocycles. The van der Waals surface area contributed by atoms with Crippen molar-refractivity contribution in [2.75, 3.05) is 40.8 Å². The van der Waals surface area contributed by atoms with Crippen LogP contribution in [0.25, 0.3) is 11.0 Å². The number of carbonyl (C=O) groups excluding carboxylic acids is 1. The van der Waals surface area contributed by atoms with E-state index in [-0.39, 0.29) is 25.5 Å². The molecule has 0 fully saturated rings. The lowest BCUT2D eigenvalue weighted by molar-refractivity contribution is -0.144. The molecule has 11 nitrogen and oxygen atoms in total. The topological polar surface area (TPSA) is 129 Å². The molecular weight excluding hydrogens is 340 g/mol. The Kier molecular flexibility index (Phi) is 6.55. The Labute approximate surface area is 150 Å². The van der Waals surface area contributed by atoms with Gasteiger partial charge in [-0.25, -0.2) is 19.6 Å². The number of aliphatic carboxylic acids is 1. The number of hydrogen-bond acceptors (Lipinski definition) is 7. The van der Waals surface area contributed by atoms with Gasteiger partial charge in [-0.05, 0) is 7.05 Å². The van der Waals surface area contributed by atoms with Crippen LogP contribution >= 0.6 is 0 Å². The predicted octanol–water partition coefficient (Wildman–Crippen LogP) is -0.820. The fourth-order valence-corrected chi connectivity index (χ4v) is 2.20. The van der Waals surface area contributed by atoms with Gasteiger partial charge in [-0.15, -0.1) is 0 Å². The zero-order valence-corrected chi connectivity index (χ0v) is 15.0. The molecule has 0 saturated carbocycles. The number of nitrogens with one attached hydrogen (secondary N) is 1. The van der Waals surface area contributed by atoms with Crippen molar-refractivity contribution >= 4 is 35.1 Å². The van der Waals surface area contributed by atoms with Gasteiger partial charge in [0.15, 0.2) is 11.5 Å². The third kappa shape index (κ3) is 4.96. The minimum Gasteiger partial charge on any atom is -0.480 e. The van der Waals surface area contributed by atoms with Crippen LogP contribution in [0.1, 0.15) is 0 Å². The van der Waals surface area contributed by atoms with E-state index in [0.717, 1.165) is 0 Å². The molecule has 11 heteroatoms. The smallest absolute Gasteiger partial charge is 0.323 e. The van der Waals surface area contributed by atoms with Gasteiger partial charge in [0.05, 0.1) is 17.9 Å². The lowest BCUT2D eigenvalue weighted by Crippen LogP contribution is -2.41. The van der Waals surface area contributed by atoms with Crippen molar-refractivity contribution in [2.45, 2.75) is 6.54 Å². The average molecular weight is 362 g/mol. The molecule has 0 aromatic carbocycles. The van der Waals surface area contributed by atoms with E-state index < -0.39 is 5.97 Å². The number of amides is 1. The molecule has 2 aromatic heterocycles. The van der Waals surface area contributed by atoms with E-state index in [4.69, 9.17) is 5.11 Å². The molecule has 2 rings (SSSR count). The fourth-order valence-electron chi connectivity index (χ4n) is 2.20. The number of hydrogen-bond donors (Lipinski definition) is 2. The highest BCUT2D eigenvalue weighted by molar-refractivity contribution is 5.87. The van der Waals surface area contributed by atoms with E-state index in [2.05, 4.69) is 25.4 Å². The van der Waals surface area contributed by atoms with Gasteiger partial charge in [-0.2, -0.15) is 5.10 Å². The van der Waals surface area contributed by atoms with Crippen LogP contribution in [0.4, 0.5) is 5.82 Å². The quantitative estimate of drug-likeness (QED) is 0.437. The van der Waals surface area contributed by atoms with Gasteiger partial charge in [0.1, 0.15) is 19.4 Å². The molecule has 0 saturated heterocycles. The lowest BCUT2D eigenvalue weighted by Gasteiger charge is -2.20. The summed E-state index contributed by atoms with van der Waals surface area (Å²) in [5, 5.41) is 16.7. The summed E-state index contributed by atoms with van der Waals surface area (Å²) in [6.07, 6.45) is 4.50. The summed E-state index contributed by atoms with van der Waals surface area (Å²) in [5.74, 6) is -0.980. The van der Waals surface area contributed by atoms with Crippen molar-refractivity contribution in [1.29, 1.82) is 0 Å². The summed E-state index contributed by atoms with van der Waals surface area (Å²) in [6.45, 7) is 0.292. The largest absolute Gasteiger partial charge is 0.480 e. The number of aliphatic imine (C=N–C) groups is 1. The van der Waals surface area contributed by atoms with E-state index >= 15 is 0 Å². The van der Waals surface area contributed by atoms with Crippen LogP contribution in [0.3, 0.4) is 0 Å². The molecule has 0 aliphatic carbocycles. The van der Waals surface area contributed by atoms with Crippen molar-refractivity contribution in [1.82, 2.24) is 34.9 Å². The van der Waals surface area contributed by atoms with E-state index in [1.54, 1.807) is 24.5 Å². The SMILES string of the molecule is CNCCN(CC(=O)O)C(=O)Cn1ncc2c(/N=C\N(C)C)ncnc21. The summed E-state index contributed by atoms with van der Waals surface area (Å²) in [6, 6.07) is 0. The van der Waals surface area contributed by atoms with Gasteiger partial charge in [0, 0.05) is 27.2 Å². The number of carbonyl (C=O) groups is 2. The Morgan fingerprint density at radius 1 is 1.38 bits per heavy atom. The molecule has 0 aliphatic rings. The Morgan fingerprint density at radius 3 is 2.81 bits per heavy atom. The molecule has 26 heavy (non-hydrogen) atoms. The first kappa shape index (κ1) is 19.2. The molecule has 2 aromatic rings. The summed E-state index contributed by atoms with van der Waals surface area (Å²) >= 11 is 0. The molecular formula is C15H22N8O3. The van der Waals surface area contributed by atoms with Crippen LogP contribution in [-0.4, -0.2) is 93.6 Å². The third-order valence-corrected chi connectivity index (χ3v) is 3.42. The molecule has 2 N–H and O–H groups in total. The molecule has 0 atom stereocenters. The second-order valence-corrected chi connectivity index (χ2v) is 5.76. The van der Waals surface area contributed by atoms with Crippen LogP contribution < -0.4 is 5.32 Å². The summed E-state index contributed by atoms with van der Waals surface area (Å²) < 4.78 is 1.42. The van der Waals surface area contributed by atoms with Gasteiger partial charge in [-0.1, -0.05) is 0 Å². The summed E-state index contributed by atoms with van der Waals surface area (Å²) in [4.78, 5) is 39.0. The van der Waals surface area contributed by atoms with Crippen molar-refractivity contribution in [3.63, 3.8) is 0 Å². The number of fused-ring (bicyclic) bond motifs is 1. The highest BCUT2D eigenvalue weighted by Crippen LogP contribution is 2.20. The Hall–Kier alpha value is -3.08. The maximum absolute atomic E-state index is 12.5. The van der Waals surface area contributed by atoms with Gasteiger partial charge in [0.25, 0.3) is 0 Å². The number of likely N-dealkylation sites (N-methyl/N-ethyl adjacent to an activating group) is 1. The Morgan fingerprint density at radius 2 is 2.15 bits per heavy atom. The van der Waals surface area contributed by atoms with Gasteiger partial charge < -0.3 is 20.2 Å². The Bertz CT molecular complexity index is 801. The van der Waals surface area contributed by atoms with Crippen LogP contribution in [0.15, 0.2) is 17.5 Å². The number of carboxylic acid groups (broad SMARTS) is 1. The van der Waals surface area contributed by atoms with E-state index in [1.807, 2.05) is 14.1 Å². The van der Waals surface area contributed by atoms with Crippen LogP contribution in [-0.2, 0) is 16.1 Å². The molecule has 0 aliphatic heterocycles. The predicted molar refractivity (Wildman–Crippen MR) is 95.3 cm³/mol. The summed E-state index contributed by atoms with van der Waals surface area (Å²) in [7, 11) is 5.41. The number of carboxylic acids is 1. The maximum atomic E-state index is 12.5. The van der Waals surface area contributed by atoms with Crippen molar-refractivity contribution in [3.8, 4) is 0 Å². The number of nitrogens with zero attached hydrogens (tertiary/aromatic N) is 7. The molecule has 0 spiro atoms. The monoisotopic (exact) mass is 362 g/mol. The molecule has 0 unspecified atom stereocenters.